The van der Waals surface area contributed by atoms with E-state index in [0.717, 1.165) is 16.2 Å². The molecule has 3 atom stereocenters. The lowest BCUT2D eigenvalue weighted by Gasteiger charge is -2.29. The summed E-state index contributed by atoms with van der Waals surface area (Å²) in [4.78, 5) is 54.6. The number of nitrogens with zero attached hydrogens (tertiary/aromatic N) is 2. The van der Waals surface area contributed by atoms with Crippen molar-refractivity contribution in [1.82, 2.24) is 4.57 Å². The Hall–Kier alpha value is -2.40. The van der Waals surface area contributed by atoms with Crippen molar-refractivity contribution >= 4 is 69.5 Å². The molecule has 0 saturated carbocycles. The van der Waals surface area contributed by atoms with E-state index < -0.39 is 23.1 Å². The van der Waals surface area contributed by atoms with Crippen molar-refractivity contribution in [1.29, 1.82) is 0 Å². The molecule has 4 heterocycles. The van der Waals surface area contributed by atoms with Crippen LogP contribution in [0.3, 0.4) is 0 Å². The van der Waals surface area contributed by atoms with Crippen molar-refractivity contribution < 1.29 is 19.1 Å². The molecule has 2 aliphatic heterocycles. The van der Waals surface area contributed by atoms with Crippen molar-refractivity contribution in [3.8, 4) is 0 Å². The number of aromatic nitrogens is 1. The summed E-state index contributed by atoms with van der Waals surface area (Å²) in [6, 6.07) is 10.4. The molecule has 2 unspecified atom stereocenters. The van der Waals surface area contributed by atoms with Gasteiger partial charge in [0.25, 0.3) is 0 Å². The minimum atomic E-state index is -0.713. The van der Waals surface area contributed by atoms with Crippen LogP contribution in [0, 0.1) is 5.92 Å². The summed E-state index contributed by atoms with van der Waals surface area (Å²) in [5.41, 5.74) is 0.460. The van der Waals surface area contributed by atoms with Crippen LogP contribution in [0.5, 0.6) is 0 Å². The Labute approximate surface area is 205 Å². The average molecular weight is 521 g/mol. The van der Waals surface area contributed by atoms with E-state index in [-0.39, 0.29) is 29.8 Å². The molecule has 0 bridgehead atoms. The molecule has 0 N–H and O–H groups in total. The largest absolute Gasteiger partial charge is 0.465 e. The first kappa shape index (κ1) is 22.4. The normalized spacial score (nSPS) is 21.8. The summed E-state index contributed by atoms with van der Waals surface area (Å²) in [6.45, 7) is 1.67. The van der Waals surface area contributed by atoms with Crippen molar-refractivity contribution in [2.45, 2.75) is 29.7 Å². The first-order valence-electron chi connectivity index (χ1n) is 10.1. The van der Waals surface area contributed by atoms with Crippen LogP contribution in [0.25, 0.3) is 0 Å². The number of amides is 2. The molecule has 7 nitrogen and oxygen atoms in total. The van der Waals surface area contributed by atoms with E-state index in [1.807, 2.05) is 17.5 Å². The number of rotatable bonds is 5. The molecule has 2 aromatic heterocycles. The molecule has 0 aliphatic carbocycles. The Morgan fingerprint density at radius 1 is 1.12 bits per heavy atom. The van der Waals surface area contributed by atoms with Crippen LogP contribution < -0.4 is 9.77 Å². The number of thiophene rings is 1. The maximum atomic E-state index is 13.6. The molecular weight excluding hydrogens is 504 g/mol. The Bertz CT molecular complexity index is 1300. The molecule has 2 aliphatic rings. The number of imide groups is 1. The molecule has 1 fully saturated rings. The zero-order valence-electron chi connectivity index (χ0n) is 17.2. The maximum Gasteiger partial charge on any atom is 0.326 e. The topological polar surface area (TPSA) is 85.7 Å². The summed E-state index contributed by atoms with van der Waals surface area (Å²) < 4.78 is 6.39. The van der Waals surface area contributed by atoms with E-state index in [4.69, 9.17) is 16.3 Å². The van der Waals surface area contributed by atoms with Crippen LogP contribution in [0.1, 0.15) is 22.6 Å². The van der Waals surface area contributed by atoms with Crippen LogP contribution in [-0.2, 0) is 25.7 Å². The molecule has 11 heteroatoms. The second-order valence-corrected chi connectivity index (χ2v) is 11.0. The van der Waals surface area contributed by atoms with E-state index in [9.17, 15) is 19.2 Å². The van der Waals surface area contributed by atoms with Crippen LogP contribution in [0.15, 0.2) is 51.6 Å². The molecule has 0 spiro atoms. The smallest absolute Gasteiger partial charge is 0.326 e. The van der Waals surface area contributed by atoms with E-state index in [1.165, 1.54) is 32.6 Å². The van der Waals surface area contributed by atoms with Crippen LogP contribution >= 0.6 is 46.0 Å². The van der Waals surface area contributed by atoms with Gasteiger partial charge in [-0.2, -0.15) is 0 Å². The first-order valence-corrected chi connectivity index (χ1v) is 13.1. The molecule has 33 heavy (non-hydrogen) atoms. The number of halogens is 1. The number of hydrogen-bond donors (Lipinski definition) is 0. The molecular formula is C22H17ClN2O5S3. The van der Waals surface area contributed by atoms with Crippen molar-refractivity contribution in [2.24, 2.45) is 5.92 Å². The second kappa shape index (κ2) is 8.75. The zero-order valence-corrected chi connectivity index (χ0v) is 20.4. The molecule has 170 valence electrons. The average Bonchev–Trinajstić information content (AvgIpc) is 3.48. The Morgan fingerprint density at radius 3 is 2.55 bits per heavy atom. The summed E-state index contributed by atoms with van der Waals surface area (Å²) in [7, 11) is 0. The number of benzene rings is 1. The van der Waals surface area contributed by atoms with E-state index in [1.54, 1.807) is 31.2 Å². The predicted molar refractivity (Wildman–Crippen MR) is 128 cm³/mol. The van der Waals surface area contributed by atoms with E-state index in [2.05, 4.69) is 0 Å². The quantitative estimate of drug-likeness (QED) is 0.373. The number of ether oxygens (including phenoxy) is 1. The summed E-state index contributed by atoms with van der Waals surface area (Å²) in [5, 5.41) is 2.25. The number of carbonyl (C=O) groups excluding carboxylic acids is 3. The third-order valence-corrected chi connectivity index (χ3v) is 9.39. The van der Waals surface area contributed by atoms with Gasteiger partial charge in [0.1, 0.15) is 11.8 Å². The second-order valence-electron chi connectivity index (χ2n) is 7.47. The summed E-state index contributed by atoms with van der Waals surface area (Å²) >= 11 is 9.66. The van der Waals surface area contributed by atoms with Crippen molar-refractivity contribution in [2.75, 3.05) is 11.5 Å². The van der Waals surface area contributed by atoms with Gasteiger partial charge in [-0.1, -0.05) is 40.8 Å². The highest BCUT2D eigenvalue weighted by molar-refractivity contribution is 8.00. The molecule has 1 aromatic carbocycles. The number of thiazole rings is 1. The highest BCUT2D eigenvalue weighted by Gasteiger charge is 2.57. The Kier molecular flexibility index (Phi) is 5.94. The zero-order chi connectivity index (χ0) is 23.3. The lowest BCUT2D eigenvalue weighted by molar-refractivity contribution is -0.144. The van der Waals surface area contributed by atoms with Crippen molar-refractivity contribution in [3.05, 3.63) is 66.2 Å². The molecule has 2 amide bonds. The van der Waals surface area contributed by atoms with Crippen LogP contribution in [0.4, 0.5) is 5.69 Å². The van der Waals surface area contributed by atoms with Gasteiger partial charge in [0.15, 0.2) is 0 Å². The predicted octanol–water partition coefficient (Wildman–Crippen LogP) is 3.98. The van der Waals surface area contributed by atoms with Crippen LogP contribution in [-0.4, -0.2) is 34.2 Å². The fourth-order valence-corrected chi connectivity index (χ4v) is 8.06. The van der Waals surface area contributed by atoms with Gasteiger partial charge >= 0.3 is 10.8 Å². The Balaban J connectivity index is 1.61. The molecule has 1 saturated heterocycles. The van der Waals surface area contributed by atoms with Gasteiger partial charge in [-0.3, -0.25) is 23.7 Å². The van der Waals surface area contributed by atoms with Gasteiger partial charge in [0.2, 0.25) is 11.8 Å². The van der Waals surface area contributed by atoms with Crippen molar-refractivity contribution in [3.63, 3.8) is 0 Å². The molecule has 3 aromatic rings. The third kappa shape index (κ3) is 3.74. The van der Waals surface area contributed by atoms with Gasteiger partial charge in [0, 0.05) is 20.7 Å². The van der Waals surface area contributed by atoms with Gasteiger partial charge in [0.05, 0.1) is 23.2 Å². The van der Waals surface area contributed by atoms with E-state index >= 15 is 0 Å². The highest BCUT2D eigenvalue weighted by atomic mass is 35.5. The number of carbonyl (C=O) groups is 3. The van der Waals surface area contributed by atoms with Gasteiger partial charge in [-0.05, 0) is 42.6 Å². The number of hydrogen-bond acceptors (Lipinski definition) is 8. The molecule has 5 rings (SSSR count). The minimum Gasteiger partial charge on any atom is -0.465 e. The van der Waals surface area contributed by atoms with Gasteiger partial charge < -0.3 is 4.74 Å². The summed E-state index contributed by atoms with van der Waals surface area (Å²) in [6.07, 6.45) is 0. The van der Waals surface area contributed by atoms with Crippen LogP contribution in [0.2, 0.25) is 5.02 Å². The van der Waals surface area contributed by atoms with E-state index in [0.29, 0.717) is 20.6 Å². The fraction of sp³-hybridized carbons (Fsp3) is 0.273. The maximum absolute atomic E-state index is 13.6. The number of anilines is 1. The fourth-order valence-electron chi connectivity index (χ4n) is 4.21. The lowest BCUT2D eigenvalue weighted by atomic mass is 9.87. The Morgan fingerprint density at radius 2 is 1.88 bits per heavy atom. The third-order valence-electron chi connectivity index (χ3n) is 5.58. The number of fused-ring (bicyclic) bond motifs is 2. The summed E-state index contributed by atoms with van der Waals surface area (Å²) in [5.74, 6) is -2.26. The highest BCUT2D eigenvalue weighted by Crippen LogP contribution is 2.54. The van der Waals surface area contributed by atoms with Gasteiger partial charge in [-0.25, -0.2) is 4.90 Å². The lowest BCUT2D eigenvalue weighted by Crippen LogP contribution is -2.32. The van der Waals surface area contributed by atoms with Gasteiger partial charge in [-0.15, -0.1) is 11.3 Å². The monoisotopic (exact) mass is 520 g/mol. The number of thioether (sulfide) groups is 1. The number of esters is 1. The standard InChI is InChI=1S/C22H17ClN2O5S3/c1-2-30-14(26)10-24-21-18(33-22(24)29)15(13-4-3-9-31-13)16-17(32-21)20(28)25(19(16)27)12-7-5-11(23)6-8-12/h3-9,15-17H,2,10H2,1H3/t15-,16?,17?/m1/s1. The first-order chi connectivity index (χ1) is 15.9. The molecule has 0 radical (unpaired) electrons. The minimum absolute atomic E-state index is 0.207. The SMILES string of the molecule is CCOC(=O)Cn1c2c(sc1=O)[C@H](c1cccs1)C1C(=O)N(c3ccc(Cl)cc3)C(=O)C1S2.